The zero-order chi connectivity index (χ0) is 20.5. The quantitative estimate of drug-likeness (QED) is 0.620. The number of imide groups is 1. The summed E-state index contributed by atoms with van der Waals surface area (Å²) in [5, 5.41) is 3.95. The molecule has 3 aromatic rings. The number of benzene rings is 2. The van der Waals surface area contributed by atoms with E-state index in [1.165, 1.54) is 4.90 Å². The number of likely N-dealkylation sites (N-methyl/N-ethyl adjacent to an activating group) is 1. The average molecular weight is 390 g/mol. The van der Waals surface area contributed by atoms with E-state index in [-0.39, 0.29) is 19.0 Å². The first-order chi connectivity index (χ1) is 13.9. The van der Waals surface area contributed by atoms with Crippen LogP contribution in [0.25, 0.3) is 11.4 Å². The molecule has 1 aliphatic heterocycles. The maximum Gasteiger partial charge on any atom is 0.262 e. The molecule has 0 spiro atoms. The largest absolute Gasteiger partial charge is 0.337 e. The topological polar surface area (TPSA) is 96.6 Å². The number of hydrogen-bond acceptors (Lipinski definition) is 6. The molecular formula is C21H18N4O4. The van der Waals surface area contributed by atoms with Crippen molar-refractivity contribution in [3.8, 4) is 11.4 Å². The third-order valence-electron chi connectivity index (χ3n) is 4.71. The predicted octanol–water partition coefficient (Wildman–Crippen LogP) is 2.30. The maximum absolute atomic E-state index is 12.6. The van der Waals surface area contributed by atoms with Gasteiger partial charge in [-0.05, 0) is 25.1 Å². The molecule has 4 rings (SSSR count). The van der Waals surface area contributed by atoms with Crippen LogP contribution in [0.15, 0.2) is 53.1 Å². The van der Waals surface area contributed by atoms with Crippen LogP contribution in [-0.4, -0.2) is 51.3 Å². The second-order valence-corrected chi connectivity index (χ2v) is 6.87. The molecule has 0 unspecified atom stereocenters. The van der Waals surface area contributed by atoms with Crippen LogP contribution >= 0.6 is 0 Å². The first kappa shape index (κ1) is 18.5. The summed E-state index contributed by atoms with van der Waals surface area (Å²) in [4.78, 5) is 44.0. The van der Waals surface area contributed by atoms with Crippen molar-refractivity contribution in [3.05, 3.63) is 71.1 Å². The minimum Gasteiger partial charge on any atom is -0.337 e. The van der Waals surface area contributed by atoms with Crippen LogP contribution in [0, 0.1) is 6.92 Å². The number of carbonyl (C=O) groups is 3. The Morgan fingerprint density at radius 1 is 1.07 bits per heavy atom. The minimum atomic E-state index is -0.466. The van der Waals surface area contributed by atoms with Gasteiger partial charge < -0.3 is 9.42 Å². The van der Waals surface area contributed by atoms with Crippen molar-refractivity contribution >= 4 is 17.7 Å². The van der Waals surface area contributed by atoms with E-state index in [1.54, 1.807) is 31.3 Å². The van der Waals surface area contributed by atoms with E-state index in [4.69, 9.17) is 4.52 Å². The molecule has 0 bridgehead atoms. The normalized spacial score (nSPS) is 13.0. The number of fused-ring (bicyclic) bond motifs is 1. The molecule has 0 saturated heterocycles. The molecule has 0 saturated carbocycles. The Kier molecular flexibility index (Phi) is 4.67. The van der Waals surface area contributed by atoms with Crippen molar-refractivity contribution in [3.63, 3.8) is 0 Å². The summed E-state index contributed by atoms with van der Waals surface area (Å²) >= 11 is 0. The third kappa shape index (κ3) is 3.52. The predicted molar refractivity (Wildman–Crippen MR) is 103 cm³/mol. The Bertz CT molecular complexity index is 1090. The van der Waals surface area contributed by atoms with Crippen molar-refractivity contribution < 1.29 is 18.9 Å². The van der Waals surface area contributed by atoms with Crippen molar-refractivity contribution in [2.75, 3.05) is 13.6 Å². The Morgan fingerprint density at radius 3 is 2.41 bits per heavy atom. The molecule has 0 aliphatic carbocycles. The summed E-state index contributed by atoms with van der Waals surface area (Å²) in [5.74, 6) is -0.641. The number of amides is 3. The molecule has 0 fully saturated rings. The lowest BCUT2D eigenvalue weighted by molar-refractivity contribution is -0.131. The fraction of sp³-hybridized carbons (Fsp3) is 0.190. The van der Waals surface area contributed by atoms with Gasteiger partial charge in [-0.15, -0.1) is 0 Å². The van der Waals surface area contributed by atoms with Gasteiger partial charge >= 0.3 is 0 Å². The van der Waals surface area contributed by atoms with Gasteiger partial charge in [-0.2, -0.15) is 4.98 Å². The van der Waals surface area contributed by atoms with Crippen molar-refractivity contribution in [1.29, 1.82) is 0 Å². The molecular weight excluding hydrogens is 372 g/mol. The van der Waals surface area contributed by atoms with E-state index in [0.29, 0.717) is 17.0 Å². The maximum atomic E-state index is 12.6. The van der Waals surface area contributed by atoms with Crippen LogP contribution < -0.4 is 0 Å². The van der Waals surface area contributed by atoms with Gasteiger partial charge in [-0.25, -0.2) is 0 Å². The van der Waals surface area contributed by atoms with Crippen LogP contribution in [0.4, 0.5) is 0 Å². The summed E-state index contributed by atoms with van der Waals surface area (Å²) in [6.45, 7) is 1.69. The Balaban J connectivity index is 1.42. The zero-order valence-electron chi connectivity index (χ0n) is 16.0. The molecule has 146 valence electrons. The highest BCUT2D eigenvalue weighted by Gasteiger charge is 2.36. The second-order valence-electron chi connectivity index (χ2n) is 6.87. The molecule has 0 atom stereocenters. The number of nitrogens with zero attached hydrogens (tertiary/aromatic N) is 4. The van der Waals surface area contributed by atoms with Gasteiger partial charge in [0, 0.05) is 12.6 Å². The Labute approximate surface area is 166 Å². The van der Waals surface area contributed by atoms with Crippen molar-refractivity contribution in [1.82, 2.24) is 19.9 Å². The van der Waals surface area contributed by atoms with Crippen molar-refractivity contribution in [2.45, 2.75) is 13.5 Å². The molecule has 2 heterocycles. The first-order valence-corrected chi connectivity index (χ1v) is 9.03. The zero-order valence-corrected chi connectivity index (χ0v) is 16.0. The Morgan fingerprint density at radius 2 is 1.76 bits per heavy atom. The standard InChI is InChI=1S/C21H18N4O4/c1-13-6-5-7-14(10-13)19-22-17(29-23-19)11-24(2)18(26)12-25-20(27)15-8-3-4-9-16(15)21(25)28/h3-10H,11-12H2,1-2H3. The molecule has 1 aliphatic rings. The monoisotopic (exact) mass is 390 g/mol. The SMILES string of the molecule is Cc1cccc(-c2noc(CN(C)C(=O)CN3C(=O)c4ccccc4C3=O)n2)c1. The van der Waals surface area contributed by atoms with Gasteiger partial charge in [-0.3, -0.25) is 19.3 Å². The van der Waals surface area contributed by atoms with Gasteiger partial charge in [0.25, 0.3) is 11.8 Å². The lowest BCUT2D eigenvalue weighted by atomic mass is 10.1. The van der Waals surface area contributed by atoms with Crippen LogP contribution in [0.3, 0.4) is 0 Å². The van der Waals surface area contributed by atoms with Gasteiger partial charge in [0.15, 0.2) is 0 Å². The molecule has 2 aromatic carbocycles. The lowest BCUT2D eigenvalue weighted by Crippen LogP contribution is -2.41. The van der Waals surface area contributed by atoms with Crippen LogP contribution in [0.5, 0.6) is 0 Å². The number of carbonyl (C=O) groups excluding carboxylic acids is 3. The fourth-order valence-corrected chi connectivity index (χ4v) is 3.15. The molecule has 1 aromatic heterocycles. The van der Waals surface area contributed by atoms with Gasteiger partial charge in [0.05, 0.1) is 17.7 Å². The number of rotatable bonds is 5. The van der Waals surface area contributed by atoms with E-state index in [1.807, 2.05) is 31.2 Å². The highest BCUT2D eigenvalue weighted by atomic mass is 16.5. The van der Waals surface area contributed by atoms with Gasteiger partial charge in [0.1, 0.15) is 6.54 Å². The molecule has 0 radical (unpaired) electrons. The lowest BCUT2D eigenvalue weighted by Gasteiger charge is -2.19. The van der Waals surface area contributed by atoms with E-state index in [0.717, 1.165) is 16.0 Å². The highest BCUT2D eigenvalue weighted by molar-refractivity contribution is 6.22. The van der Waals surface area contributed by atoms with E-state index in [2.05, 4.69) is 10.1 Å². The fourth-order valence-electron chi connectivity index (χ4n) is 3.15. The van der Waals surface area contributed by atoms with E-state index < -0.39 is 17.7 Å². The van der Waals surface area contributed by atoms with E-state index >= 15 is 0 Å². The molecule has 0 N–H and O–H groups in total. The first-order valence-electron chi connectivity index (χ1n) is 9.03. The molecule has 29 heavy (non-hydrogen) atoms. The summed E-state index contributed by atoms with van der Waals surface area (Å²) in [7, 11) is 1.55. The third-order valence-corrected chi connectivity index (χ3v) is 4.71. The van der Waals surface area contributed by atoms with Crippen LogP contribution in [-0.2, 0) is 11.3 Å². The number of hydrogen-bond donors (Lipinski definition) is 0. The van der Waals surface area contributed by atoms with Crippen LogP contribution in [0.2, 0.25) is 0 Å². The molecule has 3 amide bonds. The summed E-state index contributed by atoms with van der Waals surface area (Å²) in [6, 6.07) is 14.2. The van der Waals surface area contributed by atoms with Gasteiger partial charge in [0.2, 0.25) is 17.6 Å². The van der Waals surface area contributed by atoms with E-state index in [9.17, 15) is 14.4 Å². The summed E-state index contributed by atoms with van der Waals surface area (Å²) < 4.78 is 5.24. The van der Waals surface area contributed by atoms with Crippen LogP contribution in [0.1, 0.15) is 32.2 Å². The Hall–Kier alpha value is -3.81. The summed E-state index contributed by atoms with van der Waals surface area (Å²) in [5.41, 5.74) is 2.52. The number of aromatic nitrogens is 2. The van der Waals surface area contributed by atoms with Gasteiger partial charge in [-0.1, -0.05) is 41.1 Å². The smallest absolute Gasteiger partial charge is 0.262 e. The molecule has 8 nitrogen and oxygen atoms in total. The number of aryl methyl sites for hydroxylation is 1. The van der Waals surface area contributed by atoms with Crippen molar-refractivity contribution in [2.24, 2.45) is 0 Å². The highest BCUT2D eigenvalue weighted by Crippen LogP contribution is 2.22. The summed E-state index contributed by atoms with van der Waals surface area (Å²) in [6.07, 6.45) is 0. The second kappa shape index (κ2) is 7.31. The molecule has 8 heteroatoms. The average Bonchev–Trinajstić information content (AvgIpc) is 3.27. The minimum absolute atomic E-state index is 0.0703.